The second kappa shape index (κ2) is 7.71. The molecule has 2 heterocycles. The second-order valence-corrected chi connectivity index (χ2v) is 5.72. The molecule has 0 aromatic carbocycles. The predicted octanol–water partition coefficient (Wildman–Crippen LogP) is 1.00. The number of hydrogen-bond donors (Lipinski definition) is 1. The fourth-order valence-electron chi connectivity index (χ4n) is 2.83. The van der Waals surface area contributed by atoms with Gasteiger partial charge in [-0.3, -0.25) is 19.7 Å². The van der Waals surface area contributed by atoms with Crippen molar-refractivity contribution in [1.82, 2.24) is 9.47 Å². The minimum atomic E-state index is -0.982. The SMILES string of the molecule is O=C(O)C1CCCN1C(=O)CCCCn1cc([N+](=O)[O-])ccc1=O. The second-order valence-electron chi connectivity index (χ2n) is 5.72. The highest BCUT2D eigenvalue weighted by Crippen LogP contribution is 2.19. The molecule has 0 bridgehead atoms. The number of hydrogen-bond acceptors (Lipinski definition) is 5. The number of pyridine rings is 1. The third-order valence-electron chi connectivity index (χ3n) is 4.08. The van der Waals surface area contributed by atoms with Crippen LogP contribution in [0.3, 0.4) is 0 Å². The van der Waals surface area contributed by atoms with Crippen LogP contribution in [0, 0.1) is 10.1 Å². The molecule has 9 nitrogen and oxygen atoms in total. The lowest BCUT2D eigenvalue weighted by molar-refractivity contribution is -0.385. The Morgan fingerprint density at radius 3 is 2.75 bits per heavy atom. The number of carbonyl (C=O) groups is 2. The first-order valence-corrected chi connectivity index (χ1v) is 7.77. The van der Waals surface area contributed by atoms with E-state index in [1.165, 1.54) is 15.7 Å². The minimum Gasteiger partial charge on any atom is -0.480 e. The molecule has 0 radical (unpaired) electrons. The Morgan fingerprint density at radius 1 is 1.33 bits per heavy atom. The summed E-state index contributed by atoms with van der Waals surface area (Å²) in [6, 6.07) is 1.56. The van der Waals surface area contributed by atoms with Crippen molar-refractivity contribution >= 4 is 17.6 Å². The number of nitrogens with zero attached hydrogens (tertiary/aromatic N) is 3. The van der Waals surface area contributed by atoms with E-state index in [9.17, 15) is 24.5 Å². The Kier molecular flexibility index (Phi) is 5.67. The number of carboxylic acid groups (broad SMARTS) is 1. The highest BCUT2D eigenvalue weighted by Gasteiger charge is 2.33. The molecule has 0 spiro atoms. The summed E-state index contributed by atoms with van der Waals surface area (Å²) in [7, 11) is 0. The zero-order chi connectivity index (χ0) is 17.7. The Balaban J connectivity index is 1.84. The number of likely N-dealkylation sites (tertiary alicyclic amines) is 1. The van der Waals surface area contributed by atoms with Gasteiger partial charge < -0.3 is 14.6 Å². The number of aryl methyl sites for hydroxylation is 1. The summed E-state index contributed by atoms with van der Waals surface area (Å²) in [5.41, 5.74) is -0.496. The molecule has 2 rings (SSSR count). The summed E-state index contributed by atoms with van der Waals surface area (Å²) in [6.45, 7) is 0.732. The van der Waals surface area contributed by atoms with Crippen LogP contribution in [0.15, 0.2) is 23.1 Å². The Hall–Kier alpha value is -2.71. The van der Waals surface area contributed by atoms with Crippen LogP contribution in [0.5, 0.6) is 0 Å². The summed E-state index contributed by atoms with van der Waals surface area (Å²) in [6.07, 6.45) is 3.53. The zero-order valence-electron chi connectivity index (χ0n) is 13.1. The third-order valence-corrected chi connectivity index (χ3v) is 4.08. The van der Waals surface area contributed by atoms with E-state index in [0.29, 0.717) is 32.2 Å². The van der Waals surface area contributed by atoms with Crippen molar-refractivity contribution in [2.24, 2.45) is 0 Å². The molecule has 24 heavy (non-hydrogen) atoms. The van der Waals surface area contributed by atoms with Crippen molar-refractivity contribution in [2.45, 2.75) is 44.7 Å². The standard InChI is InChI=1S/C15H19N3O6/c19-13-7-6-11(18(23)24)10-16(13)8-2-1-5-14(20)17-9-3-4-12(17)15(21)22/h6-7,10,12H,1-5,8-9H2,(H,21,22). The Labute approximate surface area is 137 Å². The maximum absolute atomic E-state index is 12.1. The first-order chi connectivity index (χ1) is 11.4. The predicted molar refractivity (Wildman–Crippen MR) is 83.6 cm³/mol. The normalized spacial score (nSPS) is 17.0. The van der Waals surface area contributed by atoms with Gasteiger partial charge in [0.05, 0.1) is 11.1 Å². The number of aromatic nitrogens is 1. The van der Waals surface area contributed by atoms with Gasteiger partial charge in [-0.1, -0.05) is 0 Å². The fraction of sp³-hybridized carbons (Fsp3) is 0.533. The van der Waals surface area contributed by atoms with E-state index in [-0.39, 0.29) is 30.1 Å². The van der Waals surface area contributed by atoms with Crippen molar-refractivity contribution in [2.75, 3.05) is 6.54 Å². The summed E-state index contributed by atoms with van der Waals surface area (Å²) in [4.78, 5) is 46.3. The van der Waals surface area contributed by atoms with E-state index in [1.54, 1.807) is 0 Å². The van der Waals surface area contributed by atoms with Gasteiger partial charge >= 0.3 is 5.97 Å². The molecule has 1 atom stereocenters. The van der Waals surface area contributed by atoms with Gasteiger partial charge in [0, 0.05) is 31.6 Å². The molecule has 0 saturated carbocycles. The van der Waals surface area contributed by atoms with E-state index in [2.05, 4.69) is 0 Å². The summed E-state index contributed by atoms with van der Waals surface area (Å²) < 4.78 is 1.25. The quantitative estimate of drug-likeness (QED) is 0.450. The Bertz CT molecular complexity index is 699. The zero-order valence-corrected chi connectivity index (χ0v) is 13.1. The van der Waals surface area contributed by atoms with Crippen LogP contribution in [0.2, 0.25) is 0 Å². The van der Waals surface area contributed by atoms with Crippen molar-refractivity contribution in [3.05, 3.63) is 38.8 Å². The van der Waals surface area contributed by atoms with Gasteiger partial charge in [0.15, 0.2) is 0 Å². The number of rotatable bonds is 7. The highest BCUT2D eigenvalue weighted by molar-refractivity contribution is 5.84. The molecule has 1 amide bonds. The van der Waals surface area contributed by atoms with Crippen LogP contribution in [-0.2, 0) is 16.1 Å². The van der Waals surface area contributed by atoms with Crippen molar-refractivity contribution < 1.29 is 19.6 Å². The number of carbonyl (C=O) groups excluding carboxylic acids is 1. The number of unbranched alkanes of at least 4 members (excludes halogenated alkanes) is 1. The van der Waals surface area contributed by atoms with Gasteiger partial charge in [0.25, 0.3) is 11.2 Å². The van der Waals surface area contributed by atoms with E-state index in [1.807, 2.05) is 0 Å². The highest BCUT2D eigenvalue weighted by atomic mass is 16.6. The maximum atomic E-state index is 12.1. The molecule has 1 aromatic heterocycles. The molecule has 1 aromatic rings. The fourth-order valence-corrected chi connectivity index (χ4v) is 2.83. The molecule has 1 fully saturated rings. The number of carboxylic acids is 1. The molecular formula is C15H19N3O6. The monoisotopic (exact) mass is 337 g/mol. The lowest BCUT2D eigenvalue weighted by Crippen LogP contribution is -2.40. The molecule has 1 saturated heterocycles. The van der Waals surface area contributed by atoms with Crippen LogP contribution in [0.25, 0.3) is 0 Å². The summed E-state index contributed by atoms with van der Waals surface area (Å²) in [5.74, 6) is -1.18. The van der Waals surface area contributed by atoms with Crippen molar-refractivity contribution in [3.8, 4) is 0 Å². The van der Waals surface area contributed by atoms with Crippen LogP contribution in [0.1, 0.15) is 32.1 Å². The lowest BCUT2D eigenvalue weighted by atomic mass is 10.2. The molecular weight excluding hydrogens is 318 g/mol. The van der Waals surface area contributed by atoms with E-state index in [4.69, 9.17) is 5.11 Å². The first-order valence-electron chi connectivity index (χ1n) is 7.77. The van der Waals surface area contributed by atoms with E-state index in [0.717, 1.165) is 12.1 Å². The molecule has 130 valence electrons. The molecule has 1 aliphatic heterocycles. The van der Waals surface area contributed by atoms with Crippen LogP contribution in [0.4, 0.5) is 5.69 Å². The molecule has 1 N–H and O–H groups in total. The van der Waals surface area contributed by atoms with Gasteiger partial charge in [0.1, 0.15) is 6.04 Å². The topological polar surface area (TPSA) is 123 Å². The number of aliphatic carboxylic acids is 1. The van der Waals surface area contributed by atoms with E-state index >= 15 is 0 Å². The van der Waals surface area contributed by atoms with Gasteiger partial charge in [-0.25, -0.2) is 4.79 Å². The summed E-state index contributed by atoms with van der Waals surface area (Å²) in [5, 5.41) is 19.8. The van der Waals surface area contributed by atoms with Gasteiger partial charge in [0.2, 0.25) is 5.91 Å². The van der Waals surface area contributed by atoms with E-state index < -0.39 is 16.9 Å². The summed E-state index contributed by atoms with van der Waals surface area (Å²) >= 11 is 0. The van der Waals surface area contributed by atoms with Gasteiger partial charge in [-0.2, -0.15) is 0 Å². The first kappa shape index (κ1) is 17.6. The molecule has 1 aliphatic rings. The van der Waals surface area contributed by atoms with Crippen LogP contribution in [-0.4, -0.2) is 44.0 Å². The maximum Gasteiger partial charge on any atom is 0.326 e. The average molecular weight is 337 g/mol. The average Bonchev–Trinajstić information content (AvgIpc) is 3.02. The van der Waals surface area contributed by atoms with Crippen molar-refractivity contribution in [3.63, 3.8) is 0 Å². The van der Waals surface area contributed by atoms with Gasteiger partial charge in [-0.15, -0.1) is 0 Å². The number of amides is 1. The minimum absolute atomic E-state index is 0.160. The van der Waals surface area contributed by atoms with Crippen LogP contribution >= 0.6 is 0 Å². The van der Waals surface area contributed by atoms with Crippen LogP contribution < -0.4 is 5.56 Å². The number of nitro groups is 1. The smallest absolute Gasteiger partial charge is 0.326 e. The lowest BCUT2D eigenvalue weighted by Gasteiger charge is -2.21. The molecule has 9 heteroatoms. The largest absolute Gasteiger partial charge is 0.480 e. The Morgan fingerprint density at radius 2 is 2.08 bits per heavy atom. The van der Waals surface area contributed by atoms with Gasteiger partial charge in [-0.05, 0) is 25.7 Å². The van der Waals surface area contributed by atoms with Crippen molar-refractivity contribution in [1.29, 1.82) is 0 Å². The molecule has 1 unspecified atom stereocenters. The molecule has 0 aliphatic carbocycles. The third kappa shape index (κ3) is 4.18.